The van der Waals surface area contributed by atoms with Crippen molar-refractivity contribution in [3.05, 3.63) is 35.9 Å². The van der Waals surface area contributed by atoms with Gasteiger partial charge in [0.1, 0.15) is 0 Å². The largest absolute Gasteiger partial charge is 0.320 e. The van der Waals surface area contributed by atoms with E-state index in [-0.39, 0.29) is 0 Å². The summed E-state index contributed by atoms with van der Waals surface area (Å²) in [4.78, 5) is 2.38. The molecule has 0 saturated heterocycles. The minimum absolute atomic E-state index is 0.457. The first-order valence-corrected chi connectivity index (χ1v) is 6.29. The number of hydrogen-bond donors (Lipinski definition) is 1. The Bertz CT molecular complexity index is 348. The van der Waals surface area contributed by atoms with E-state index in [2.05, 4.69) is 54.0 Å². The van der Waals surface area contributed by atoms with E-state index < -0.39 is 0 Å². The molecule has 1 aromatic rings. The summed E-state index contributed by atoms with van der Waals surface area (Å²) in [6.45, 7) is 5.66. The topological polar surface area (TPSA) is 29.3 Å². The van der Waals surface area contributed by atoms with E-state index in [9.17, 15) is 0 Å². The van der Waals surface area contributed by atoms with Crippen LogP contribution in [0.5, 0.6) is 0 Å². The Morgan fingerprint density at radius 2 is 1.88 bits per heavy atom. The quantitative estimate of drug-likeness (QED) is 0.756. The van der Waals surface area contributed by atoms with Gasteiger partial charge in [0.2, 0.25) is 0 Å². The molecule has 92 valence electrons. The second-order valence-corrected chi connectivity index (χ2v) is 4.07. The fourth-order valence-electron chi connectivity index (χ4n) is 1.76. The molecule has 0 bridgehead atoms. The molecule has 0 heterocycles. The Kier molecular flexibility index (Phi) is 7.13. The van der Waals surface area contributed by atoms with Gasteiger partial charge in [0, 0.05) is 6.54 Å². The highest BCUT2D eigenvalue weighted by Crippen LogP contribution is 2.01. The van der Waals surface area contributed by atoms with Gasteiger partial charge in [-0.1, -0.05) is 49.1 Å². The first-order chi connectivity index (χ1) is 8.36. The molecular weight excluding hydrogens is 208 g/mol. The van der Waals surface area contributed by atoms with Crippen LogP contribution in [-0.2, 0) is 6.42 Å². The Labute approximate surface area is 105 Å². The molecule has 17 heavy (non-hydrogen) atoms. The van der Waals surface area contributed by atoms with Crippen LogP contribution in [0.15, 0.2) is 30.3 Å². The molecule has 0 saturated carbocycles. The van der Waals surface area contributed by atoms with E-state index in [1.54, 1.807) is 0 Å². The lowest BCUT2D eigenvalue weighted by Gasteiger charge is -2.18. The van der Waals surface area contributed by atoms with Crippen molar-refractivity contribution in [2.24, 2.45) is 5.73 Å². The molecule has 0 aliphatic heterocycles. The Balaban J connectivity index is 2.38. The summed E-state index contributed by atoms with van der Waals surface area (Å²) in [5, 5.41) is 0. The average molecular weight is 230 g/mol. The molecule has 1 rings (SSSR count). The third-order valence-electron chi connectivity index (χ3n) is 2.63. The van der Waals surface area contributed by atoms with E-state index in [0.717, 1.165) is 26.1 Å². The molecule has 0 atom stereocenters. The number of nitrogens with zero attached hydrogens (tertiary/aromatic N) is 1. The van der Waals surface area contributed by atoms with Gasteiger partial charge < -0.3 is 5.73 Å². The first-order valence-electron chi connectivity index (χ1n) is 6.29. The molecule has 0 aliphatic carbocycles. The first kappa shape index (κ1) is 13.8. The monoisotopic (exact) mass is 230 g/mol. The maximum Gasteiger partial charge on any atom is 0.0602 e. The van der Waals surface area contributed by atoms with Crippen LogP contribution in [0.25, 0.3) is 0 Å². The molecule has 0 spiro atoms. The van der Waals surface area contributed by atoms with Crippen LogP contribution in [0.4, 0.5) is 0 Å². The van der Waals surface area contributed by atoms with E-state index in [4.69, 9.17) is 5.73 Å². The Morgan fingerprint density at radius 3 is 2.53 bits per heavy atom. The molecule has 0 aromatic heterocycles. The van der Waals surface area contributed by atoms with E-state index in [1.807, 2.05) is 0 Å². The van der Waals surface area contributed by atoms with Crippen molar-refractivity contribution in [3.63, 3.8) is 0 Å². The van der Waals surface area contributed by atoms with Crippen LogP contribution >= 0.6 is 0 Å². The lowest BCUT2D eigenvalue weighted by Crippen LogP contribution is -2.27. The summed E-state index contributed by atoms with van der Waals surface area (Å²) in [6.07, 6.45) is 2.25. The highest BCUT2D eigenvalue weighted by atomic mass is 15.1. The number of benzene rings is 1. The highest BCUT2D eigenvalue weighted by Gasteiger charge is 2.01. The molecule has 2 N–H and O–H groups in total. The van der Waals surface area contributed by atoms with Crippen molar-refractivity contribution in [3.8, 4) is 11.8 Å². The van der Waals surface area contributed by atoms with E-state index in [1.165, 1.54) is 12.0 Å². The number of nitrogens with two attached hydrogens (primary N) is 1. The van der Waals surface area contributed by atoms with Crippen LogP contribution in [0.3, 0.4) is 0 Å². The second-order valence-electron chi connectivity index (χ2n) is 4.07. The zero-order valence-electron chi connectivity index (χ0n) is 10.7. The zero-order chi connectivity index (χ0) is 12.3. The van der Waals surface area contributed by atoms with Crippen molar-refractivity contribution in [1.82, 2.24) is 4.90 Å². The summed E-state index contributed by atoms with van der Waals surface area (Å²) in [7, 11) is 0. The summed E-state index contributed by atoms with van der Waals surface area (Å²) >= 11 is 0. The van der Waals surface area contributed by atoms with E-state index >= 15 is 0 Å². The van der Waals surface area contributed by atoms with Gasteiger partial charge in [-0.3, -0.25) is 4.90 Å². The van der Waals surface area contributed by atoms with Gasteiger partial charge in [-0.25, -0.2) is 0 Å². The van der Waals surface area contributed by atoms with Gasteiger partial charge in [-0.05, 0) is 24.9 Å². The lowest BCUT2D eigenvalue weighted by atomic mass is 10.1. The summed E-state index contributed by atoms with van der Waals surface area (Å²) in [5.74, 6) is 6.03. The highest BCUT2D eigenvalue weighted by molar-refractivity contribution is 5.15. The molecule has 2 heteroatoms. The van der Waals surface area contributed by atoms with Crippen LogP contribution in [-0.4, -0.2) is 31.1 Å². The van der Waals surface area contributed by atoms with E-state index in [0.29, 0.717) is 6.54 Å². The molecular formula is C15H22N2. The average Bonchev–Trinajstić information content (AvgIpc) is 2.37. The van der Waals surface area contributed by atoms with Crippen molar-refractivity contribution in [2.75, 3.05) is 26.2 Å². The molecule has 0 aliphatic rings. The van der Waals surface area contributed by atoms with Crippen molar-refractivity contribution >= 4 is 0 Å². The Hall–Kier alpha value is -1.30. The molecule has 2 nitrogen and oxygen atoms in total. The van der Waals surface area contributed by atoms with Crippen molar-refractivity contribution < 1.29 is 0 Å². The molecule has 0 fully saturated rings. The van der Waals surface area contributed by atoms with Gasteiger partial charge in [0.25, 0.3) is 0 Å². The number of hydrogen-bond acceptors (Lipinski definition) is 2. The van der Waals surface area contributed by atoms with Crippen LogP contribution < -0.4 is 5.73 Å². The van der Waals surface area contributed by atoms with Gasteiger partial charge in [-0.2, -0.15) is 0 Å². The third-order valence-corrected chi connectivity index (χ3v) is 2.63. The fraction of sp³-hybridized carbons (Fsp3) is 0.467. The summed E-state index contributed by atoms with van der Waals surface area (Å²) in [6, 6.07) is 10.6. The predicted molar refractivity (Wildman–Crippen MR) is 73.7 cm³/mol. The third kappa shape index (κ3) is 6.11. The number of rotatable bonds is 6. The predicted octanol–water partition coefficient (Wildman–Crippen LogP) is 1.90. The van der Waals surface area contributed by atoms with Crippen molar-refractivity contribution in [1.29, 1.82) is 0 Å². The SMILES string of the molecule is CCCN(CC#CCN)CCc1ccccc1. The molecule has 0 radical (unpaired) electrons. The van der Waals surface area contributed by atoms with Crippen molar-refractivity contribution in [2.45, 2.75) is 19.8 Å². The van der Waals surface area contributed by atoms with Crippen LogP contribution in [0.1, 0.15) is 18.9 Å². The summed E-state index contributed by atoms with van der Waals surface area (Å²) in [5.41, 5.74) is 6.75. The fourth-order valence-corrected chi connectivity index (χ4v) is 1.76. The second kappa shape index (κ2) is 8.81. The minimum Gasteiger partial charge on any atom is -0.320 e. The smallest absolute Gasteiger partial charge is 0.0602 e. The normalized spacial score (nSPS) is 10.1. The standard InChI is InChI=1S/C15H22N2/c1-2-12-17(13-7-6-11-16)14-10-15-8-4-3-5-9-15/h3-5,8-9H,2,10-14,16H2,1H3. The van der Waals surface area contributed by atoms with Gasteiger partial charge in [0.05, 0.1) is 13.1 Å². The van der Waals surface area contributed by atoms with Gasteiger partial charge in [0.15, 0.2) is 0 Å². The van der Waals surface area contributed by atoms with Crippen LogP contribution in [0, 0.1) is 11.8 Å². The zero-order valence-corrected chi connectivity index (χ0v) is 10.7. The minimum atomic E-state index is 0.457. The Morgan fingerprint density at radius 1 is 1.12 bits per heavy atom. The van der Waals surface area contributed by atoms with Crippen LogP contribution in [0.2, 0.25) is 0 Å². The lowest BCUT2D eigenvalue weighted by molar-refractivity contribution is 0.311. The van der Waals surface area contributed by atoms with Gasteiger partial charge >= 0.3 is 0 Å². The van der Waals surface area contributed by atoms with Gasteiger partial charge in [-0.15, -0.1) is 0 Å². The molecule has 0 amide bonds. The molecule has 1 aromatic carbocycles. The molecule has 0 unspecified atom stereocenters. The maximum atomic E-state index is 5.36. The maximum absolute atomic E-state index is 5.36. The summed E-state index contributed by atoms with van der Waals surface area (Å²) < 4.78 is 0.